The van der Waals surface area contributed by atoms with Crippen LogP contribution >= 0.6 is 11.6 Å². The number of carbonyl (C=O) groups is 2. The van der Waals surface area contributed by atoms with Gasteiger partial charge in [0.1, 0.15) is 5.75 Å². The van der Waals surface area contributed by atoms with E-state index in [0.29, 0.717) is 17.2 Å². The molecular weight excluding hydrogens is 330 g/mol. The number of nitrogens with one attached hydrogen (secondary N) is 1. The van der Waals surface area contributed by atoms with Gasteiger partial charge in [0.2, 0.25) is 5.91 Å². The van der Waals surface area contributed by atoms with Gasteiger partial charge in [-0.1, -0.05) is 36.7 Å². The standard InChI is InChI=1S/C18H18ClNO4/c1-11(9-12-5-3-4-6-16(12)24-2)17(21)20-15-10-13(19)7-8-14(15)18(22)23/h3-8,10-11H,9H2,1-2H3,(H,20,21)(H,22,23). The van der Waals surface area contributed by atoms with Crippen LogP contribution in [-0.4, -0.2) is 24.1 Å². The van der Waals surface area contributed by atoms with Gasteiger partial charge in [0.05, 0.1) is 18.4 Å². The zero-order valence-corrected chi connectivity index (χ0v) is 14.1. The minimum Gasteiger partial charge on any atom is -0.496 e. The molecule has 0 aromatic heterocycles. The smallest absolute Gasteiger partial charge is 0.337 e. The largest absolute Gasteiger partial charge is 0.496 e. The van der Waals surface area contributed by atoms with E-state index in [1.807, 2.05) is 24.3 Å². The van der Waals surface area contributed by atoms with Crippen molar-refractivity contribution >= 4 is 29.2 Å². The van der Waals surface area contributed by atoms with Gasteiger partial charge < -0.3 is 15.2 Å². The highest BCUT2D eigenvalue weighted by molar-refractivity contribution is 6.31. The Morgan fingerprint density at radius 2 is 1.96 bits per heavy atom. The van der Waals surface area contributed by atoms with E-state index in [1.54, 1.807) is 14.0 Å². The first-order chi connectivity index (χ1) is 11.4. The lowest BCUT2D eigenvalue weighted by Gasteiger charge is -2.15. The van der Waals surface area contributed by atoms with Gasteiger partial charge in [0, 0.05) is 10.9 Å². The monoisotopic (exact) mass is 347 g/mol. The summed E-state index contributed by atoms with van der Waals surface area (Å²) in [6.07, 6.45) is 0.471. The molecule has 2 rings (SSSR count). The number of methoxy groups -OCH3 is 1. The number of para-hydroxylation sites is 1. The molecule has 1 unspecified atom stereocenters. The summed E-state index contributed by atoms with van der Waals surface area (Å²) in [4.78, 5) is 23.7. The Labute approximate surface area is 145 Å². The first-order valence-electron chi connectivity index (χ1n) is 7.38. The Morgan fingerprint density at radius 1 is 1.25 bits per heavy atom. The van der Waals surface area contributed by atoms with Gasteiger partial charge >= 0.3 is 5.97 Å². The molecule has 0 aliphatic carbocycles. The number of amides is 1. The molecule has 1 atom stereocenters. The van der Waals surface area contributed by atoms with E-state index >= 15 is 0 Å². The van der Waals surface area contributed by atoms with Gasteiger partial charge in [-0.25, -0.2) is 4.79 Å². The van der Waals surface area contributed by atoms with E-state index in [-0.39, 0.29) is 23.1 Å². The number of benzene rings is 2. The Balaban J connectivity index is 2.15. The fourth-order valence-corrected chi connectivity index (χ4v) is 2.53. The number of anilines is 1. The first kappa shape index (κ1) is 17.8. The van der Waals surface area contributed by atoms with E-state index in [0.717, 1.165) is 5.56 Å². The lowest BCUT2D eigenvalue weighted by Crippen LogP contribution is -2.23. The van der Waals surface area contributed by atoms with Crippen molar-refractivity contribution in [2.24, 2.45) is 5.92 Å². The minimum atomic E-state index is -1.13. The third kappa shape index (κ3) is 4.26. The van der Waals surface area contributed by atoms with Gasteiger partial charge in [-0.15, -0.1) is 0 Å². The third-order valence-corrected chi connectivity index (χ3v) is 3.87. The molecule has 2 aromatic carbocycles. The molecule has 2 N–H and O–H groups in total. The molecule has 5 nitrogen and oxygen atoms in total. The third-order valence-electron chi connectivity index (χ3n) is 3.64. The van der Waals surface area contributed by atoms with E-state index in [1.165, 1.54) is 18.2 Å². The lowest BCUT2D eigenvalue weighted by molar-refractivity contribution is -0.119. The van der Waals surface area contributed by atoms with Crippen molar-refractivity contribution in [1.29, 1.82) is 0 Å². The predicted octanol–water partition coefficient (Wildman–Crippen LogP) is 3.86. The number of halogens is 1. The summed E-state index contributed by atoms with van der Waals surface area (Å²) >= 11 is 5.89. The second kappa shape index (κ2) is 7.84. The Morgan fingerprint density at radius 3 is 2.62 bits per heavy atom. The number of carboxylic acid groups (broad SMARTS) is 1. The van der Waals surface area contributed by atoms with E-state index in [9.17, 15) is 14.7 Å². The molecule has 0 heterocycles. The van der Waals surface area contributed by atoms with Crippen LogP contribution in [0, 0.1) is 5.92 Å². The fourth-order valence-electron chi connectivity index (χ4n) is 2.36. The van der Waals surface area contributed by atoms with Gasteiger partial charge in [-0.2, -0.15) is 0 Å². The molecule has 0 bridgehead atoms. The molecule has 1 amide bonds. The van der Waals surface area contributed by atoms with Crippen molar-refractivity contribution in [3.8, 4) is 5.75 Å². The Hall–Kier alpha value is -2.53. The first-order valence-corrected chi connectivity index (χ1v) is 7.75. The highest BCUT2D eigenvalue weighted by atomic mass is 35.5. The molecule has 2 aromatic rings. The van der Waals surface area contributed by atoms with Crippen LogP contribution in [0.1, 0.15) is 22.8 Å². The summed E-state index contributed by atoms with van der Waals surface area (Å²) in [5, 5.41) is 12.2. The van der Waals surface area contributed by atoms with Crippen molar-refractivity contribution < 1.29 is 19.4 Å². The Bertz CT molecular complexity index is 760. The highest BCUT2D eigenvalue weighted by Crippen LogP contribution is 2.24. The van der Waals surface area contributed by atoms with Crippen molar-refractivity contribution in [2.75, 3.05) is 12.4 Å². The maximum absolute atomic E-state index is 12.4. The average Bonchev–Trinajstić information content (AvgIpc) is 2.55. The number of ether oxygens (including phenoxy) is 1. The number of hydrogen-bond donors (Lipinski definition) is 2. The predicted molar refractivity (Wildman–Crippen MR) is 92.9 cm³/mol. The summed E-state index contributed by atoms with van der Waals surface area (Å²) in [7, 11) is 1.58. The van der Waals surface area contributed by atoms with E-state index in [2.05, 4.69) is 5.32 Å². The van der Waals surface area contributed by atoms with Crippen LogP contribution in [0.5, 0.6) is 5.75 Å². The molecule has 0 saturated carbocycles. The van der Waals surface area contributed by atoms with Gasteiger partial charge in [0.15, 0.2) is 0 Å². The minimum absolute atomic E-state index is 0.00255. The Kier molecular flexibility index (Phi) is 5.82. The fraction of sp³-hybridized carbons (Fsp3) is 0.222. The van der Waals surface area contributed by atoms with Crippen LogP contribution in [0.25, 0.3) is 0 Å². The second-order valence-electron chi connectivity index (χ2n) is 5.40. The SMILES string of the molecule is COc1ccccc1CC(C)C(=O)Nc1cc(Cl)ccc1C(=O)O. The summed E-state index contributed by atoms with van der Waals surface area (Å²) in [6.45, 7) is 1.77. The van der Waals surface area contributed by atoms with Crippen LogP contribution in [0.2, 0.25) is 5.02 Å². The maximum atomic E-state index is 12.4. The normalized spacial score (nSPS) is 11.6. The van der Waals surface area contributed by atoms with Crippen LogP contribution in [0.15, 0.2) is 42.5 Å². The quantitative estimate of drug-likeness (QED) is 0.831. The van der Waals surface area contributed by atoms with Crippen LogP contribution in [0.3, 0.4) is 0 Å². The van der Waals surface area contributed by atoms with Crippen molar-refractivity contribution in [3.05, 3.63) is 58.6 Å². The molecular formula is C18H18ClNO4. The van der Waals surface area contributed by atoms with Crippen molar-refractivity contribution in [3.63, 3.8) is 0 Å². The van der Waals surface area contributed by atoms with Gasteiger partial charge in [-0.05, 0) is 36.2 Å². The molecule has 24 heavy (non-hydrogen) atoms. The number of hydrogen-bond acceptors (Lipinski definition) is 3. The lowest BCUT2D eigenvalue weighted by atomic mass is 9.99. The molecule has 0 fully saturated rings. The molecule has 0 aliphatic heterocycles. The number of carbonyl (C=O) groups excluding carboxylic acids is 1. The number of aromatic carboxylic acids is 1. The van der Waals surface area contributed by atoms with Crippen molar-refractivity contribution in [1.82, 2.24) is 0 Å². The van der Waals surface area contributed by atoms with Crippen LogP contribution in [0.4, 0.5) is 5.69 Å². The van der Waals surface area contributed by atoms with Crippen LogP contribution in [-0.2, 0) is 11.2 Å². The summed E-state index contributed by atoms with van der Waals surface area (Å²) in [5.74, 6) is -1.07. The zero-order valence-electron chi connectivity index (χ0n) is 13.4. The van der Waals surface area contributed by atoms with Gasteiger partial charge in [0.25, 0.3) is 0 Å². The average molecular weight is 348 g/mol. The topological polar surface area (TPSA) is 75.6 Å². The molecule has 6 heteroatoms. The molecule has 0 spiro atoms. The van der Waals surface area contributed by atoms with Crippen LogP contribution < -0.4 is 10.1 Å². The summed E-state index contributed by atoms with van der Waals surface area (Å²) < 4.78 is 5.28. The molecule has 0 saturated heterocycles. The second-order valence-corrected chi connectivity index (χ2v) is 5.84. The summed E-state index contributed by atoms with van der Waals surface area (Å²) in [6, 6.07) is 11.7. The number of rotatable bonds is 6. The summed E-state index contributed by atoms with van der Waals surface area (Å²) in [5.41, 5.74) is 1.09. The van der Waals surface area contributed by atoms with E-state index < -0.39 is 5.97 Å². The maximum Gasteiger partial charge on any atom is 0.337 e. The highest BCUT2D eigenvalue weighted by Gasteiger charge is 2.19. The van der Waals surface area contributed by atoms with E-state index in [4.69, 9.17) is 16.3 Å². The number of carboxylic acids is 1. The molecule has 0 aliphatic rings. The zero-order chi connectivity index (χ0) is 17.7. The van der Waals surface area contributed by atoms with Crippen molar-refractivity contribution in [2.45, 2.75) is 13.3 Å². The molecule has 126 valence electrons. The van der Waals surface area contributed by atoms with Gasteiger partial charge in [-0.3, -0.25) is 4.79 Å². The molecule has 0 radical (unpaired) electrons.